The van der Waals surface area contributed by atoms with Gasteiger partial charge in [-0.15, -0.1) is 0 Å². The first-order chi connectivity index (χ1) is 9.20. The predicted molar refractivity (Wildman–Crippen MR) is 76.2 cm³/mol. The number of ether oxygens (including phenoxy) is 1. The summed E-state index contributed by atoms with van der Waals surface area (Å²) < 4.78 is 6.13. The maximum atomic E-state index is 10.3. The van der Waals surface area contributed by atoms with Crippen molar-refractivity contribution in [2.75, 3.05) is 13.7 Å². The van der Waals surface area contributed by atoms with Crippen LogP contribution < -0.4 is 0 Å². The molecule has 0 aromatic carbocycles. The molecule has 3 heteroatoms. The molecule has 0 aromatic heterocycles. The van der Waals surface area contributed by atoms with E-state index in [9.17, 15) is 5.11 Å². The van der Waals surface area contributed by atoms with Crippen LogP contribution in [0.2, 0.25) is 0 Å². The van der Waals surface area contributed by atoms with Gasteiger partial charge >= 0.3 is 0 Å². The normalized spacial score (nSPS) is 39.0. The highest BCUT2D eigenvalue weighted by molar-refractivity contribution is 4.96. The van der Waals surface area contributed by atoms with Gasteiger partial charge in [-0.1, -0.05) is 25.7 Å². The van der Waals surface area contributed by atoms with Crippen LogP contribution in [0.1, 0.15) is 64.2 Å². The first-order valence-electron chi connectivity index (χ1n) is 8.24. The molecule has 0 bridgehead atoms. The molecule has 3 atom stereocenters. The molecule has 3 nitrogen and oxygen atoms in total. The monoisotopic (exact) mass is 267 g/mol. The van der Waals surface area contributed by atoms with Crippen LogP contribution in [0.3, 0.4) is 0 Å². The van der Waals surface area contributed by atoms with E-state index in [0.29, 0.717) is 12.1 Å². The third-order valence-corrected chi connectivity index (χ3v) is 5.77. The van der Waals surface area contributed by atoms with Gasteiger partial charge in [-0.3, -0.25) is 4.90 Å². The van der Waals surface area contributed by atoms with Crippen LogP contribution in [-0.2, 0) is 4.74 Å². The molecule has 1 saturated heterocycles. The largest absolute Gasteiger partial charge is 0.391 e. The van der Waals surface area contributed by atoms with Gasteiger partial charge < -0.3 is 9.84 Å². The van der Waals surface area contributed by atoms with E-state index in [2.05, 4.69) is 11.9 Å². The standard InChI is InChI=1S/C16H29NO2/c1-17(14-6-2-3-7-15(14)18)13-8-11-19-16(12-13)9-4-5-10-16/h13-15,18H,2-12H2,1H3. The second-order valence-corrected chi connectivity index (χ2v) is 6.97. The predicted octanol–water partition coefficient (Wildman–Crippen LogP) is 2.71. The highest BCUT2D eigenvalue weighted by Crippen LogP contribution is 2.41. The van der Waals surface area contributed by atoms with E-state index in [4.69, 9.17) is 4.74 Å². The van der Waals surface area contributed by atoms with E-state index < -0.39 is 0 Å². The summed E-state index contributed by atoms with van der Waals surface area (Å²) in [7, 11) is 2.23. The van der Waals surface area contributed by atoms with Gasteiger partial charge in [-0.05, 0) is 45.6 Å². The Morgan fingerprint density at radius 1 is 1.05 bits per heavy atom. The average Bonchev–Trinajstić information content (AvgIpc) is 2.86. The first-order valence-corrected chi connectivity index (χ1v) is 8.24. The summed E-state index contributed by atoms with van der Waals surface area (Å²) in [4.78, 5) is 2.49. The number of hydrogen-bond donors (Lipinski definition) is 1. The molecule has 2 aliphatic carbocycles. The number of nitrogens with zero attached hydrogens (tertiary/aromatic N) is 1. The Morgan fingerprint density at radius 2 is 1.79 bits per heavy atom. The fourth-order valence-corrected chi connectivity index (χ4v) is 4.55. The molecule has 0 radical (unpaired) electrons. The Hall–Kier alpha value is -0.120. The van der Waals surface area contributed by atoms with Gasteiger partial charge in [0, 0.05) is 18.7 Å². The SMILES string of the molecule is CN(C1CCOC2(CCCC2)C1)C1CCCCC1O. The molecule has 2 saturated carbocycles. The summed E-state index contributed by atoms with van der Waals surface area (Å²) in [5, 5.41) is 10.3. The lowest BCUT2D eigenvalue weighted by Crippen LogP contribution is -2.53. The molecule has 0 amide bonds. The summed E-state index contributed by atoms with van der Waals surface area (Å²) in [6.07, 6.45) is 12.0. The van der Waals surface area contributed by atoms with Gasteiger partial charge in [0.15, 0.2) is 0 Å². The fourth-order valence-electron chi connectivity index (χ4n) is 4.55. The van der Waals surface area contributed by atoms with Crippen molar-refractivity contribution in [3.8, 4) is 0 Å². The highest BCUT2D eigenvalue weighted by Gasteiger charge is 2.42. The van der Waals surface area contributed by atoms with Crippen LogP contribution in [0.5, 0.6) is 0 Å². The Balaban J connectivity index is 1.64. The van der Waals surface area contributed by atoms with Gasteiger partial charge in [-0.25, -0.2) is 0 Å². The number of aliphatic hydroxyl groups is 1. The van der Waals surface area contributed by atoms with Crippen molar-refractivity contribution in [2.24, 2.45) is 0 Å². The van der Waals surface area contributed by atoms with Crippen molar-refractivity contribution in [3.05, 3.63) is 0 Å². The van der Waals surface area contributed by atoms with Gasteiger partial charge in [0.1, 0.15) is 0 Å². The molecule has 1 N–H and O–H groups in total. The molecular formula is C16H29NO2. The summed E-state index contributed by atoms with van der Waals surface area (Å²) >= 11 is 0. The fraction of sp³-hybridized carbons (Fsp3) is 1.00. The van der Waals surface area contributed by atoms with Crippen LogP contribution in [0.4, 0.5) is 0 Å². The van der Waals surface area contributed by atoms with Crippen molar-refractivity contribution >= 4 is 0 Å². The van der Waals surface area contributed by atoms with E-state index in [1.807, 2.05) is 0 Å². The molecule has 3 aliphatic rings. The lowest BCUT2D eigenvalue weighted by molar-refractivity contribution is -0.111. The minimum absolute atomic E-state index is 0.110. The van der Waals surface area contributed by atoms with Crippen LogP contribution in [-0.4, -0.2) is 47.4 Å². The second kappa shape index (κ2) is 5.71. The minimum Gasteiger partial charge on any atom is -0.391 e. The zero-order valence-corrected chi connectivity index (χ0v) is 12.3. The Bertz CT molecular complexity index is 301. The van der Waals surface area contributed by atoms with Crippen LogP contribution in [0.15, 0.2) is 0 Å². The zero-order valence-electron chi connectivity index (χ0n) is 12.3. The number of likely N-dealkylation sites (N-methyl/N-ethyl adjacent to an activating group) is 1. The number of rotatable bonds is 2. The van der Waals surface area contributed by atoms with E-state index in [0.717, 1.165) is 19.4 Å². The average molecular weight is 267 g/mol. The second-order valence-electron chi connectivity index (χ2n) is 6.97. The third kappa shape index (κ3) is 2.84. The smallest absolute Gasteiger partial charge is 0.0697 e. The summed E-state index contributed by atoms with van der Waals surface area (Å²) in [5.74, 6) is 0. The summed E-state index contributed by atoms with van der Waals surface area (Å²) in [6, 6.07) is 1.000. The zero-order chi connectivity index (χ0) is 13.3. The quantitative estimate of drug-likeness (QED) is 0.835. The van der Waals surface area contributed by atoms with E-state index in [-0.39, 0.29) is 11.7 Å². The Labute approximate surface area is 117 Å². The maximum absolute atomic E-state index is 10.3. The van der Waals surface area contributed by atoms with Crippen molar-refractivity contribution in [1.29, 1.82) is 0 Å². The molecule has 110 valence electrons. The molecular weight excluding hydrogens is 238 g/mol. The van der Waals surface area contributed by atoms with Crippen molar-refractivity contribution < 1.29 is 9.84 Å². The van der Waals surface area contributed by atoms with Crippen LogP contribution in [0.25, 0.3) is 0 Å². The van der Waals surface area contributed by atoms with Gasteiger partial charge in [0.05, 0.1) is 11.7 Å². The third-order valence-electron chi connectivity index (χ3n) is 5.77. The minimum atomic E-state index is -0.110. The summed E-state index contributed by atoms with van der Waals surface area (Å²) in [6.45, 7) is 0.915. The maximum Gasteiger partial charge on any atom is 0.0697 e. The van der Waals surface area contributed by atoms with Gasteiger partial charge in [0.2, 0.25) is 0 Å². The van der Waals surface area contributed by atoms with Crippen LogP contribution >= 0.6 is 0 Å². The first kappa shape index (κ1) is 13.8. The Morgan fingerprint density at radius 3 is 2.53 bits per heavy atom. The molecule has 1 spiro atoms. The molecule has 3 rings (SSSR count). The molecule has 1 heterocycles. The summed E-state index contributed by atoms with van der Waals surface area (Å²) in [5.41, 5.74) is 0.191. The van der Waals surface area contributed by atoms with E-state index in [1.54, 1.807) is 0 Å². The molecule has 3 unspecified atom stereocenters. The highest BCUT2D eigenvalue weighted by atomic mass is 16.5. The van der Waals surface area contributed by atoms with E-state index >= 15 is 0 Å². The molecule has 0 aromatic rings. The molecule has 3 fully saturated rings. The molecule has 19 heavy (non-hydrogen) atoms. The lowest BCUT2D eigenvalue weighted by Gasteiger charge is -2.46. The van der Waals surface area contributed by atoms with Gasteiger partial charge in [-0.2, -0.15) is 0 Å². The van der Waals surface area contributed by atoms with Gasteiger partial charge in [0.25, 0.3) is 0 Å². The number of aliphatic hydroxyl groups excluding tert-OH is 1. The van der Waals surface area contributed by atoms with Crippen molar-refractivity contribution in [2.45, 2.75) is 88.0 Å². The Kier molecular flexibility index (Phi) is 4.16. The van der Waals surface area contributed by atoms with E-state index in [1.165, 1.54) is 51.4 Å². The molecule has 1 aliphatic heterocycles. The lowest BCUT2D eigenvalue weighted by atomic mass is 9.85. The van der Waals surface area contributed by atoms with Crippen molar-refractivity contribution in [3.63, 3.8) is 0 Å². The van der Waals surface area contributed by atoms with Crippen LogP contribution in [0, 0.1) is 0 Å². The number of hydrogen-bond acceptors (Lipinski definition) is 3. The topological polar surface area (TPSA) is 32.7 Å². The van der Waals surface area contributed by atoms with Crippen molar-refractivity contribution in [1.82, 2.24) is 4.90 Å².